The second-order valence-electron chi connectivity index (χ2n) is 6.50. The Balaban J connectivity index is 1.57. The average Bonchev–Trinajstić information content (AvgIpc) is 3.31. The Bertz CT molecular complexity index is 1310. The first-order chi connectivity index (χ1) is 14.4. The summed E-state index contributed by atoms with van der Waals surface area (Å²) in [5, 5.41) is 20.1. The van der Waals surface area contributed by atoms with Crippen LogP contribution in [0.1, 0.15) is 23.3 Å². The normalized spacial score (nSPS) is 11.3. The van der Waals surface area contributed by atoms with E-state index in [0.717, 1.165) is 15.3 Å². The minimum absolute atomic E-state index is 0.00732. The fourth-order valence-electron chi connectivity index (χ4n) is 2.98. The van der Waals surface area contributed by atoms with Crippen LogP contribution in [0.25, 0.3) is 21.7 Å². The standard InChI is InChI=1S/C19H17N5O4S2/c1-4-23-18(25)15-10(2)11(3)30-17(15)20-19(23)29-9-14-21-22-16(28-14)12-5-7-13(8-6-12)24(26)27/h5-8H,4,9H2,1-3H3. The fraction of sp³-hybridized carbons (Fsp3) is 0.263. The lowest BCUT2D eigenvalue weighted by Crippen LogP contribution is -2.22. The summed E-state index contributed by atoms with van der Waals surface area (Å²) in [6.07, 6.45) is 0. The number of nitrogens with zero attached hydrogens (tertiary/aromatic N) is 5. The van der Waals surface area contributed by atoms with Gasteiger partial charge in [0.05, 0.1) is 16.1 Å². The molecule has 4 rings (SSSR count). The number of hydrogen-bond acceptors (Lipinski definition) is 9. The number of rotatable bonds is 6. The Morgan fingerprint density at radius 2 is 1.97 bits per heavy atom. The highest BCUT2D eigenvalue weighted by molar-refractivity contribution is 7.98. The fourth-order valence-corrected chi connectivity index (χ4v) is 4.95. The lowest BCUT2D eigenvalue weighted by atomic mass is 10.2. The van der Waals surface area contributed by atoms with Crippen LogP contribution in [0.5, 0.6) is 0 Å². The second-order valence-corrected chi connectivity index (χ2v) is 8.65. The molecule has 0 amide bonds. The lowest BCUT2D eigenvalue weighted by Gasteiger charge is -2.08. The number of hydrogen-bond donors (Lipinski definition) is 0. The molecule has 0 N–H and O–H groups in total. The predicted octanol–water partition coefficient (Wildman–Crippen LogP) is 4.35. The first-order valence-electron chi connectivity index (χ1n) is 9.09. The van der Waals surface area contributed by atoms with Gasteiger partial charge in [-0.2, -0.15) is 0 Å². The third-order valence-electron chi connectivity index (χ3n) is 4.69. The van der Waals surface area contributed by atoms with Crippen LogP contribution < -0.4 is 5.56 Å². The maximum absolute atomic E-state index is 12.9. The Kier molecular flexibility index (Phi) is 5.39. The third kappa shape index (κ3) is 3.61. The van der Waals surface area contributed by atoms with Crippen LogP contribution in [0.3, 0.4) is 0 Å². The van der Waals surface area contributed by atoms with Gasteiger partial charge in [-0.3, -0.25) is 19.5 Å². The highest BCUT2D eigenvalue weighted by atomic mass is 32.2. The monoisotopic (exact) mass is 443 g/mol. The van der Waals surface area contributed by atoms with Crippen molar-refractivity contribution in [3.63, 3.8) is 0 Å². The van der Waals surface area contributed by atoms with Crippen LogP contribution in [0.15, 0.2) is 38.6 Å². The molecule has 0 saturated carbocycles. The molecule has 30 heavy (non-hydrogen) atoms. The number of thiophene rings is 1. The number of benzene rings is 1. The largest absolute Gasteiger partial charge is 0.420 e. The van der Waals surface area contributed by atoms with Crippen LogP contribution >= 0.6 is 23.1 Å². The van der Waals surface area contributed by atoms with Gasteiger partial charge >= 0.3 is 0 Å². The zero-order valence-corrected chi connectivity index (χ0v) is 18.0. The van der Waals surface area contributed by atoms with Crippen molar-refractivity contribution in [1.29, 1.82) is 0 Å². The lowest BCUT2D eigenvalue weighted by molar-refractivity contribution is -0.384. The van der Waals surface area contributed by atoms with Crippen LogP contribution in [-0.4, -0.2) is 24.7 Å². The SMILES string of the molecule is CCn1c(SCc2nnc(-c3ccc([N+](=O)[O-])cc3)o2)nc2sc(C)c(C)c2c1=O. The minimum atomic E-state index is -0.465. The molecule has 0 unspecified atom stereocenters. The predicted molar refractivity (Wildman–Crippen MR) is 115 cm³/mol. The first kappa shape index (κ1) is 20.2. The molecule has 0 bridgehead atoms. The quantitative estimate of drug-likeness (QED) is 0.187. The molecule has 0 saturated heterocycles. The summed E-state index contributed by atoms with van der Waals surface area (Å²) in [4.78, 5) is 29.7. The number of nitro groups is 1. The molecule has 0 aliphatic carbocycles. The van der Waals surface area contributed by atoms with E-state index in [1.54, 1.807) is 16.7 Å². The summed E-state index contributed by atoms with van der Waals surface area (Å²) in [6, 6.07) is 5.90. The molecule has 1 aromatic carbocycles. The van der Waals surface area contributed by atoms with Crippen LogP contribution in [0, 0.1) is 24.0 Å². The maximum Gasteiger partial charge on any atom is 0.269 e. The van der Waals surface area contributed by atoms with Crippen molar-refractivity contribution in [2.24, 2.45) is 0 Å². The number of non-ortho nitro benzene ring substituents is 1. The average molecular weight is 444 g/mol. The van der Waals surface area contributed by atoms with E-state index < -0.39 is 4.92 Å². The number of aromatic nitrogens is 4. The Labute approximate surface area is 178 Å². The van der Waals surface area contributed by atoms with Gasteiger partial charge in [0.25, 0.3) is 11.2 Å². The molecule has 154 valence electrons. The molecule has 0 aliphatic heterocycles. The zero-order valence-electron chi connectivity index (χ0n) is 16.4. The van der Waals surface area contributed by atoms with Gasteiger partial charge < -0.3 is 4.42 Å². The van der Waals surface area contributed by atoms with Crippen molar-refractivity contribution in [2.75, 3.05) is 0 Å². The zero-order chi connectivity index (χ0) is 21.4. The number of fused-ring (bicyclic) bond motifs is 1. The van der Waals surface area contributed by atoms with Gasteiger partial charge in [0, 0.05) is 29.1 Å². The smallest absolute Gasteiger partial charge is 0.269 e. The molecule has 0 radical (unpaired) electrons. The van der Waals surface area contributed by atoms with E-state index in [2.05, 4.69) is 15.2 Å². The molecule has 3 heterocycles. The summed E-state index contributed by atoms with van der Waals surface area (Å²) < 4.78 is 7.33. The van der Waals surface area contributed by atoms with Gasteiger partial charge in [-0.05, 0) is 38.5 Å². The minimum Gasteiger partial charge on any atom is -0.420 e. The molecular formula is C19H17N5O4S2. The van der Waals surface area contributed by atoms with Gasteiger partial charge in [-0.15, -0.1) is 21.5 Å². The molecule has 0 atom stereocenters. The van der Waals surface area contributed by atoms with E-state index in [9.17, 15) is 14.9 Å². The Morgan fingerprint density at radius 3 is 2.63 bits per heavy atom. The van der Waals surface area contributed by atoms with E-state index in [4.69, 9.17) is 4.42 Å². The molecule has 0 aliphatic rings. The van der Waals surface area contributed by atoms with Crippen LogP contribution in [0.4, 0.5) is 5.69 Å². The topological polar surface area (TPSA) is 117 Å². The van der Waals surface area contributed by atoms with Gasteiger partial charge in [0.2, 0.25) is 11.8 Å². The number of nitro benzene ring substituents is 1. The highest BCUT2D eigenvalue weighted by Gasteiger charge is 2.17. The van der Waals surface area contributed by atoms with E-state index in [-0.39, 0.29) is 17.1 Å². The summed E-state index contributed by atoms with van der Waals surface area (Å²) in [5.41, 5.74) is 1.53. The molecule has 9 nitrogen and oxygen atoms in total. The molecular weight excluding hydrogens is 426 g/mol. The van der Waals surface area contributed by atoms with Gasteiger partial charge in [-0.1, -0.05) is 11.8 Å². The van der Waals surface area contributed by atoms with E-state index >= 15 is 0 Å². The van der Waals surface area contributed by atoms with Crippen molar-refractivity contribution in [2.45, 2.75) is 38.2 Å². The summed E-state index contributed by atoms with van der Waals surface area (Å²) in [7, 11) is 0. The molecule has 0 spiro atoms. The van der Waals surface area contributed by atoms with Gasteiger partial charge in [0.1, 0.15) is 4.83 Å². The summed E-state index contributed by atoms with van der Waals surface area (Å²) in [6.45, 7) is 6.36. The van der Waals surface area contributed by atoms with Crippen molar-refractivity contribution in [3.8, 4) is 11.5 Å². The number of aryl methyl sites for hydroxylation is 2. The van der Waals surface area contributed by atoms with Crippen molar-refractivity contribution < 1.29 is 9.34 Å². The first-order valence-corrected chi connectivity index (χ1v) is 10.9. The van der Waals surface area contributed by atoms with E-state index in [0.29, 0.717) is 34.3 Å². The van der Waals surface area contributed by atoms with Crippen LogP contribution in [-0.2, 0) is 12.3 Å². The van der Waals surface area contributed by atoms with Crippen molar-refractivity contribution >= 4 is 39.0 Å². The van der Waals surface area contributed by atoms with E-state index in [1.165, 1.54) is 35.2 Å². The molecule has 0 fully saturated rings. The van der Waals surface area contributed by atoms with Gasteiger partial charge in [0.15, 0.2) is 5.16 Å². The Hall–Kier alpha value is -3.05. The summed E-state index contributed by atoms with van der Waals surface area (Å²) >= 11 is 2.87. The maximum atomic E-state index is 12.9. The second kappa shape index (κ2) is 8.00. The number of thioether (sulfide) groups is 1. The molecule has 11 heteroatoms. The van der Waals surface area contributed by atoms with Crippen LogP contribution in [0.2, 0.25) is 0 Å². The Morgan fingerprint density at radius 1 is 1.23 bits per heavy atom. The van der Waals surface area contributed by atoms with Gasteiger partial charge in [-0.25, -0.2) is 4.98 Å². The van der Waals surface area contributed by atoms with Crippen molar-refractivity contribution in [1.82, 2.24) is 19.7 Å². The molecule has 3 aromatic heterocycles. The summed E-state index contributed by atoms with van der Waals surface area (Å²) in [5.74, 6) is 1.01. The molecule has 4 aromatic rings. The van der Waals surface area contributed by atoms with E-state index in [1.807, 2.05) is 20.8 Å². The van der Waals surface area contributed by atoms with Crippen molar-refractivity contribution in [3.05, 3.63) is 61.1 Å². The highest BCUT2D eigenvalue weighted by Crippen LogP contribution is 2.30. The third-order valence-corrected chi connectivity index (χ3v) is 6.75.